The van der Waals surface area contributed by atoms with E-state index in [1.54, 1.807) is 0 Å². The summed E-state index contributed by atoms with van der Waals surface area (Å²) < 4.78 is 0. The first kappa shape index (κ1) is 11.7. The number of hydrogen-bond acceptors (Lipinski definition) is 1. The van der Waals surface area contributed by atoms with Gasteiger partial charge < -0.3 is 5.32 Å². The van der Waals surface area contributed by atoms with E-state index in [-0.39, 0.29) is 0 Å². The number of amides is 1. The Hall–Kier alpha value is -1.80. The highest BCUT2D eigenvalue weighted by Gasteiger charge is 1.98. The first-order valence-electron chi connectivity index (χ1n) is 5.31. The molecule has 2 rings (SSSR count). The van der Waals surface area contributed by atoms with Crippen LogP contribution in [-0.4, -0.2) is 6.41 Å². The van der Waals surface area contributed by atoms with Gasteiger partial charge in [0, 0.05) is 11.6 Å². The van der Waals surface area contributed by atoms with E-state index < -0.39 is 0 Å². The lowest BCUT2D eigenvalue weighted by Gasteiger charge is -2.04. The van der Waals surface area contributed by atoms with E-state index in [0.29, 0.717) is 13.0 Å². The molecule has 0 aromatic heterocycles. The number of halogens is 1. The molecule has 1 amide bonds. The fourth-order valence-electron chi connectivity index (χ4n) is 1.64. The van der Waals surface area contributed by atoms with Crippen molar-refractivity contribution in [3.05, 3.63) is 59.1 Å². The van der Waals surface area contributed by atoms with Gasteiger partial charge in [0.1, 0.15) is 0 Å². The van der Waals surface area contributed by atoms with Crippen molar-refractivity contribution >= 4 is 18.0 Å². The minimum absolute atomic E-state index is 0.555. The van der Waals surface area contributed by atoms with Crippen LogP contribution in [0.25, 0.3) is 11.1 Å². The van der Waals surface area contributed by atoms with Crippen molar-refractivity contribution in [2.24, 2.45) is 0 Å². The Morgan fingerprint density at radius 3 is 2.47 bits per heavy atom. The predicted octanol–water partition coefficient (Wildman–Crippen LogP) is 3.25. The lowest BCUT2D eigenvalue weighted by molar-refractivity contribution is -0.109. The summed E-state index contributed by atoms with van der Waals surface area (Å²) in [4.78, 5) is 10.2. The van der Waals surface area contributed by atoms with Crippen LogP contribution < -0.4 is 5.32 Å². The zero-order valence-corrected chi connectivity index (χ0v) is 9.95. The molecule has 0 atom stereocenters. The third kappa shape index (κ3) is 3.08. The van der Waals surface area contributed by atoms with Gasteiger partial charge in [-0.1, -0.05) is 48.0 Å². The molecule has 0 heterocycles. The average molecular weight is 246 g/mol. The highest BCUT2D eigenvalue weighted by atomic mass is 35.5. The monoisotopic (exact) mass is 245 g/mol. The molecule has 2 aromatic carbocycles. The van der Waals surface area contributed by atoms with Gasteiger partial charge in [-0.2, -0.15) is 0 Å². The SMILES string of the molecule is O=CNCc1ccc(-c2cccc(Cl)c2)cc1. The minimum Gasteiger partial charge on any atom is -0.355 e. The van der Waals surface area contributed by atoms with Gasteiger partial charge in [-0.25, -0.2) is 0 Å². The Bertz CT molecular complexity index is 508. The maximum atomic E-state index is 10.2. The van der Waals surface area contributed by atoms with Gasteiger partial charge in [-0.3, -0.25) is 4.79 Å². The molecule has 0 aliphatic rings. The summed E-state index contributed by atoms with van der Waals surface area (Å²) in [5.74, 6) is 0. The molecule has 17 heavy (non-hydrogen) atoms. The van der Waals surface area contributed by atoms with Gasteiger partial charge in [0.15, 0.2) is 0 Å². The Balaban J connectivity index is 2.20. The third-order valence-corrected chi connectivity index (χ3v) is 2.74. The van der Waals surface area contributed by atoms with E-state index in [2.05, 4.69) is 5.32 Å². The number of rotatable bonds is 4. The van der Waals surface area contributed by atoms with Crippen molar-refractivity contribution in [2.75, 3.05) is 0 Å². The van der Waals surface area contributed by atoms with Gasteiger partial charge in [-0.15, -0.1) is 0 Å². The summed E-state index contributed by atoms with van der Waals surface area (Å²) >= 11 is 5.95. The topological polar surface area (TPSA) is 29.1 Å². The number of nitrogens with one attached hydrogen (secondary N) is 1. The van der Waals surface area contributed by atoms with Crippen LogP contribution in [0.2, 0.25) is 5.02 Å². The molecular formula is C14H12ClNO. The Morgan fingerprint density at radius 2 is 1.82 bits per heavy atom. The molecular weight excluding hydrogens is 234 g/mol. The number of benzene rings is 2. The maximum Gasteiger partial charge on any atom is 0.207 e. The molecule has 2 aromatic rings. The summed E-state index contributed by atoms with van der Waals surface area (Å²) in [6.45, 7) is 0.555. The first-order chi connectivity index (χ1) is 8.29. The van der Waals surface area contributed by atoms with Crippen molar-refractivity contribution in [3.8, 4) is 11.1 Å². The highest BCUT2D eigenvalue weighted by Crippen LogP contribution is 2.22. The summed E-state index contributed by atoms with van der Waals surface area (Å²) in [5, 5.41) is 3.36. The molecule has 2 nitrogen and oxygen atoms in total. The van der Waals surface area contributed by atoms with Gasteiger partial charge in [-0.05, 0) is 28.8 Å². The molecule has 0 saturated heterocycles. The Labute approximate surface area is 105 Å². The second-order valence-corrected chi connectivity index (χ2v) is 4.14. The van der Waals surface area contributed by atoms with E-state index in [1.165, 1.54) is 0 Å². The molecule has 0 aliphatic heterocycles. The minimum atomic E-state index is 0.555. The lowest BCUT2D eigenvalue weighted by Crippen LogP contribution is -2.09. The molecule has 0 bridgehead atoms. The first-order valence-corrected chi connectivity index (χ1v) is 5.69. The van der Waals surface area contributed by atoms with E-state index in [1.807, 2.05) is 48.5 Å². The van der Waals surface area contributed by atoms with E-state index in [0.717, 1.165) is 21.7 Å². The van der Waals surface area contributed by atoms with Gasteiger partial charge >= 0.3 is 0 Å². The largest absolute Gasteiger partial charge is 0.355 e. The summed E-state index contributed by atoms with van der Waals surface area (Å²) in [5.41, 5.74) is 3.28. The number of carbonyl (C=O) groups excluding carboxylic acids is 1. The van der Waals surface area contributed by atoms with Crippen LogP contribution in [0.3, 0.4) is 0 Å². The van der Waals surface area contributed by atoms with Crippen LogP contribution in [0.4, 0.5) is 0 Å². The fraction of sp³-hybridized carbons (Fsp3) is 0.0714. The molecule has 0 fully saturated rings. The van der Waals surface area contributed by atoms with Crippen LogP contribution in [0.1, 0.15) is 5.56 Å². The lowest BCUT2D eigenvalue weighted by atomic mass is 10.0. The van der Waals surface area contributed by atoms with Crippen LogP contribution >= 0.6 is 11.6 Å². The molecule has 0 spiro atoms. The molecule has 3 heteroatoms. The molecule has 86 valence electrons. The second kappa shape index (κ2) is 5.51. The zero-order valence-electron chi connectivity index (χ0n) is 9.19. The molecule has 1 N–H and O–H groups in total. The van der Waals surface area contributed by atoms with Gasteiger partial charge in [0.25, 0.3) is 0 Å². The second-order valence-electron chi connectivity index (χ2n) is 3.71. The molecule has 0 aliphatic carbocycles. The van der Waals surface area contributed by atoms with Gasteiger partial charge in [0.2, 0.25) is 6.41 Å². The van der Waals surface area contributed by atoms with Crippen molar-refractivity contribution in [3.63, 3.8) is 0 Å². The van der Waals surface area contributed by atoms with Crippen LogP contribution in [0.15, 0.2) is 48.5 Å². The highest BCUT2D eigenvalue weighted by molar-refractivity contribution is 6.30. The fourth-order valence-corrected chi connectivity index (χ4v) is 1.83. The van der Waals surface area contributed by atoms with Crippen molar-refractivity contribution < 1.29 is 4.79 Å². The third-order valence-electron chi connectivity index (χ3n) is 2.50. The molecule has 0 unspecified atom stereocenters. The van der Waals surface area contributed by atoms with Crippen LogP contribution in [0, 0.1) is 0 Å². The van der Waals surface area contributed by atoms with Crippen molar-refractivity contribution in [2.45, 2.75) is 6.54 Å². The smallest absolute Gasteiger partial charge is 0.207 e. The van der Waals surface area contributed by atoms with Crippen molar-refractivity contribution in [1.29, 1.82) is 0 Å². The van der Waals surface area contributed by atoms with Crippen LogP contribution in [0.5, 0.6) is 0 Å². The predicted molar refractivity (Wildman–Crippen MR) is 69.8 cm³/mol. The molecule has 0 saturated carbocycles. The standard InChI is InChI=1S/C14H12ClNO/c15-14-3-1-2-13(8-14)12-6-4-11(5-7-12)9-16-10-17/h1-8,10H,9H2,(H,16,17). The summed E-state index contributed by atoms with van der Waals surface area (Å²) in [6.07, 6.45) is 0.699. The quantitative estimate of drug-likeness (QED) is 0.824. The van der Waals surface area contributed by atoms with E-state index in [4.69, 9.17) is 11.6 Å². The summed E-state index contributed by atoms with van der Waals surface area (Å²) in [7, 11) is 0. The van der Waals surface area contributed by atoms with Crippen molar-refractivity contribution in [1.82, 2.24) is 5.32 Å². The average Bonchev–Trinajstić information content (AvgIpc) is 2.37. The molecule has 0 radical (unpaired) electrons. The Kier molecular flexibility index (Phi) is 3.78. The van der Waals surface area contributed by atoms with Gasteiger partial charge in [0.05, 0.1) is 0 Å². The Morgan fingerprint density at radius 1 is 1.06 bits per heavy atom. The number of hydrogen-bond donors (Lipinski definition) is 1. The maximum absolute atomic E-state index is 10.2. The van der Waals surface area contributed by atoms with E-state index >= 15 is 0 Å². The normalized spacial score (nSPS) is 9.94. The van der Waals surface area contributed by atoms with Crippen LogP contribution in [-0.2, 0) is 11.3 Å². The summed E-state index contributed by atoms with van der Waals surface area (Å²) in [6, 6.07) is 15.8. The number of carbonyl (C=O) groups is 1. The van der Waals surface area contributed by atoms with E-state index in [9.17, 15) is 4.79 Å². The zero-order chi connectivity index (χ0) is 12.1.